The summed E-state index contributed by atoms with van der Waals surface area (Å²) in [5.74, 6) is -0.313. The van der Waals surface area contributed by atoms with Crippen molar-refractivity contribution in [3.8, 4) is 0 Å². The summed E-state index contributed by atoms with van der Waals surface area (Å²) in [4.78, 5) is 27.6. The number of hydrogen-bond donors (Lipinski definition) is 2. The van der Waals surface area contributed by atoms with Crippen LogP contribution in [0.25, 0.3) is 0 Å². The van der Waals surface area contributed by atoms with Gasteiger partial charge in [-0.15, -0.1) is 0 Å². The van der Waals surface area contributed by atoms with Gasteiger partial charge in [-0.05, 0) is 58.4 Å². The SMILES string of the molecule is CC(C)(C)c1ccc(Nc2cccc3c2C(=O)c2c(Nc4ccc(C(C)(C)C)cc4)cccc2C3=O)cc1. The average Bonchev–Trinajstić information content (AvgIpc) is 2.87. The van der Waals surface area contributed by atoms with Crippen LogP contribution in [-0.4, -0.2) is 11.6 Å². The first-order chi connectivity index (χ1) is 17.9. The van der Waals surface area contributed by atoms with Crippen LogP contribution in [0, 0.1) is 0 Å². The predicted molar refractivity (Wildman–Crippen MR) is 157 cm³/mol. The minimum atomic E-state index is -0.168. The molecule has 0 atom stereocenters. The molecule has 0 bridgehead atoms. The van der Waals surface area contributed by atoms with Crippen LogP contribution in [-0.2, 0) is 10.8 Å². The number of hydrogen-bond acceptors (Lipinski definition) is 4. The molecule has 38 heavy (non-hydrogen) atoms. The molecular formula is C34H34N2O2. The molecule has 4 aromatic rings. The van der Waals surface area contributed by atoms with Crippen molar-refractivity contribution < 1.29 is 9.59 Å². The smallest absolute Gasteiger partial charge is 0.198 e. The molecule has 0 fully saturated rings. The standard InChI is InChI=1S/C34H34N2O2/c1-33(2,3)21-13-17-23(18-14-21)35-27-11-7-9-25-29(27)32(38)30-26(31(25)37)10-8-12-28(30)36-24-19-15-22(16-20-24)34(4,5)6/h7-20,35-36H,1-6H3. The molecule has 5 rings (SSSR count). The molecular weight excluding hydrogens is 468 g/mol. The largest absolute Gasteiger partial charge is 0.355 e. The van der Waals surface area contributed by atoms with E-state index in [-0.39, 0.29) is 22.4 Å². The second-order valence-electron chi connectivity index (χ2n) is 12.0. The van der Waals surface area contributed by atoms with Gasteiger partial charge in [0.1, 0.15) is 0 Å². The Labute approximate surface area is 225 Å². The molecule has 1 aliphatic rings. The van der Waals surface area contributed by atoms with Gasteiger partial charge in [-0.1, -0.05) is 90.1 Å². The molecule has 0 aliphatic heterocycles. The van der Waals surface area contributed by atoms with Crippen LogP contribution in [0.15, 0.2) is 84.9 Å². The van der Waals surface area contributed by atoms with Crippen LogP contribution in [0.2, 0.25) is 0 Å². The lowest BCUT2D eigenvalue weighted by molar-refractivity contribution is 0.0980. The van der Waals surface area contributed by atoms with Crippen LogP contribution in [0.3, 0.4) is 0 Å². The number of carbonyl (C=O) groups is 2. The van der Waals surface area contributed by atoms with E-state index in [0.717, 1.165) is 11.4 Å². The molecule has 4 heteroatoms. The number of fused-ring (bicyclic) bond motifs is 2. The summed E-state index contributed by atoms with van der Waals surface area (Å²) in [7, 11) is 0. The van der Waals surface area contributed by atoms with Crippen molar-refractivity contribution in [2.24, 2.45) is 0 Å². The van der Waals surface area contributed by atoms with Crippen LogP contribution >= 0.6 is 0 Å². The first kappa shape index (κ1) is 25.5. The van der Waals surface area contributed by atoms with Crippen molar-refractivity contribution in [2.75, 3.05) is 10.6 Å². The maximum absolute atomic E-state index is 14.0. The Hall–Kier alpha value is -4.18. The summed E-state index contributed by atoms with van der Waals surface area (Å²) >= 11 is 0. The van der Waals surface area contributed by atoms with Crippen molar-refractivity contribution >= 4 is 34.3 Å². The third kappa shape index (κ3) is 4.74. The molecule has 192 valence electrons. The van der Waals surface area contributed by atoms with Crippen molar-refractivity contribution in [3.05, 3.63) is 118 Å². The van der Waals surface area contributed by atoms with Crippen molar-refractivity contribution in [3.63, 3.8) is 0 Å². The fraction of sp³-hybridized carbons (Fsp3) is 0.235. The molecule has 0 amide bonds. The molecule has 1 aliphatic carbocycles. The van der Waals surface area contributed by atoms with E-state index in [2.05, 4.69) is 76.4 Å². The lowest BCUT2D eigenvalue weighted by Crippen LogP contribution is -2.23. The molecule has 4 nitrogen and oxygen atoms in total. The van der Waals surface area contributed by atoms with E-state index < -0.39 is 0 Å². The van der Waals surface area contributed by atoms with Gasteiger partial charge in [0.05, 0.1) is 22.5 Å². The fourth-order valence-corrected chi connectivity index (χ4v) is 4.87. The van der Waals surface area contributed by atoms with E-state index in [9.17, 15) is 9.59 Å². The monoisotopic (exact) mass is 502 g/mol. The quantitative estimate of drug-likeness (QED) is 0.258. The number of benzene rings is 4. The Balaban J connectivity index is 1.51. The van der Waals surface area contributed by atoms with Crippen LogP contribution in [0.4, 0.5) is 22.7 Å². The Bertz CT molecular complexity index is 1420. The molecule has 2 N–H and O–H groups in total. The topological polar surface area (TPSA) is 58.2 Å². The maximum Gasteiger partial charge on any atom is 0.198 e. The van der Waals surface area contributed by atoms with E-state index in [1.54, 1.807) is 12.1 Å². The molecule has 0 saturated carbocycles. The van der Waals surface area contributed by atoms with Gasteiger partial charge in [-0.25, -0.2) is 0 Å². The number of nitrogens with one attached hydrogen (secondary N) is 2. The van der Waals surface area contributed by atoms with Gasteiger partial charge < -0.3 is 10.6 Å². The lowest BCUT2D eigenvalue weighted by Gasteiger charge is -2.24. The molecule has 0 radical (unpaired) electrons. The summed E-state index contributed by atoms with van der Waals surface area (Å²) < 4.78 is 0. The highest BCUT2D eigenvalue weighted by atomic mass is 16.1. The van der Waals surface area contributed by atoms with Crippen LogP contribution in [0.1, 0.15) is 84.5 Å². The second-order valence-corrected chi connectivity index (χ2v) is 12.0. The Morgan fingerprint density at radius 2 is 0.842 bits per heavy atom. The highest BCUT2D eigenvalue weighted by Crippen LogP contribution is 2.38. The van der Waals surface area contributed by atoms with Gasteiger partial charge in [0, 0.05) is 22.5 Å². The number of ketones is 2. The van der Waals surface area contributed by atoms with E-state index in [1.165, 1.54) is 11.1 Å². The second kappa shape index (κ2) is 9.29. The Morgan fingerprint density at radius 3 is 1.18 bits per heavy atom. The number of rotatable bonds is 4. The summed E-state index contributed by atoms with van der Waals surface area (Å²) in [6, 6.07) is 27.2. The molecule has 0 unspecified atom stereocenters. The van der Waals surface area contributed by atoms with Gasteiger partial charge in [-0.2, -0.15) is 0 Å². The predicted octanol–water partition coefficient (Wildman–Crippen LogP) is 8.54. The first-order valence-corrected chi connectivity index (χ1v) is 13.0. The van der Waals surface area contributed by atoms with Gasteiger partial charge in [0.25, 0.3) is 0 Å². The molecule has 4 aromatic carbocycles. The normalized spacial score (nSPS) is 13.1. The van der Waals surface area contributed by atoms with E-state index in [0.29, 0.717) is 33.6 Å². The first-order valence-electron chi connectivity index (χ1n) is 13.0. The maximum atomic E-state index is 14.0. The van der Waals surface area contributed by atoms with Gasteiger partial charge in [-0.3, -0.25) is 9.59 Å². The van der Waals surface area contributed by atoms with Crippen LogP contribution < -0.4 is 10.6 Å². The number of carbonyl (C=O) groups excluding carboxylic acids is 2. The zero-order chi connectivity index (χ0) is 27.2. The third-order valence-corrected chi connectivity index (χ3v) is 7.13. The van der Waals surface area contributed by atoms with Gasteiger partial charge >= 0.3 is 0 Å². The summed E-state index contributed by atoms with van der Waals surface area (Å²) in [6.45, 7) is 13.1. The molecule has 0 heterocycles. The van der Waals surface area contributed by atoms with Gasteiger partial charge in [0.2, 0.25) is 0 Å². The van der Waals surface area contributed by atoms with E-state index in [1.807, 2.05) is 48.5 Å². The lowest BCUT2D eigenvalue weighted by atomic mass is 9.82. The average molecular weight is 503 g/mol. The highest BCUT2D eigenvalue weighted by molar-refractivity contribution is 6.32. The van der Waals surface area contributed by atoms with Crippen molar-refractivity contribution in [1.29, 1.82) is 0 Å². The summed E-state index contributed by atoms with van der Waals surface area (Å²) in [5, 5.41) is 6.78. The minimum Gasteiger partial charge on any atom is -0.355 e. The Kier molecular flexibility index (Phi) is 6.22. The number of anilines is 4. The zero-order valence-electron chi connectivity index (χ0n) is 22.9. The minimum absolute atomic E-state index is 0.0486. The molecule has 0 aromatic heterocycles. The third-order valence-electron chi connectivity index (χ3n) is 7.13. The molecule has 0 spiro atoms. The molecule has 0 saturated heterocycles. The summed E-state index contributed by atoms with van der Waals surface area (Å²) in [5.41, 5.74) is 7.18. The summed E-state index contributed by atoms with van der Waals surface area (Å²) in [6.07, 6.45) is 0. The van der Waals surface area contributed by atoms with Crippen molar-refractivity contribution in [1.82, 2.24) is 0 Å². The van der Waals surface area contributed by atoms with E-state index in [4.69, 9.17) is 0 Å². The van der Waals surface area contributed by atoms with Crippen molar-refractivity contribution in [2.45, 2.75) is 52.4 Å². The van der Waals surface area contributed by atoms with Crippen LogP contribution in [0.5, 0.6) is 0 Å². The zero-order valence-corrected chi connectivity index (χ0v) is 22.9. The fourth-order valence-electron chi connectivity index (χ4n) is 4.87. The van der Waals surface area contributed by atoms with Gasteiger partial charge in [0.15, 0.2) is 11.6 Å². The highest BCUT2D eigenvalue weighted by Gasteiger charge is 2.33. The Morgan fingerprint density at radius 1 is 0.474 bits per heavy atom. The van der Waals surface area contributed by atoms with E-state index >= 15 is 0 Å².